The van der Waals surface area contributed by atoms with Gasteiger partial charge in [-0.25, -0.2) is 0 Å². The smallest absolute Gasteiger partial charge is 0.249 e. The zero-order valence-corrected chi connectivity index (χ0v) is 19.2. The van der Waals surface area contributed by atoms with Crippen molar-refractivity contribution in [1.82, 2.24) is 19.7 Å². The lowest BCUT2D eigenvalue weighted by molar-refractivity contribution is -0.116. The first-order chi connectivity index (χ1) is 16.1. The summed E-state index contributed by atoms with van der Waals surface area (Å²) in [5.41, 5.74) is 4.80. The van der Waals surface area contributed by atoms with Crippen LogP contribution in [0.1, 0.15) is 36.3 Å². The van der Waals surface area contributed by atoms with Crippen LogP contribution in [0.15, 0.2) is 53.1 Å². The van der Waals surface area contributed by atoms with Crippen molar-refractivity contribution in [2.45, 2.75) is 46.2 Å². The van der Waals surface area contributed by atoms with Gasteiger partial charge in [0.15, 0.2) is 0 Å². The van der Waals surface area contributed by atoms with Gasteiger partial charge in [0.1, 0.15) is 6.54 Å². The standard InChI is InChI=1S/C26H29N5O2/c1-18-10-11-19(2)22(14-18)27-24(32)16-31-15-21(20-8-4-5-9-23(20)31)26-29-28-25(33-26)17-30-12-6-3-7-13-30/h4-5,8-11,14-15H,3,6-7,12-13,16-17H2,1-2H3,(H,27,32). The number of para-hydroxylation sites is 1. The molecule has 7 nitrogen and oxygen atoms in total. The van der Waals surface area contributed by atoms with Crippen molar-refractivity contribution < 1.29 is 9.21 Å². The first kappa shape index (κ1) is 21.4. The Morgan fingerprint density at radius 3 is 2.73 bits per heavy atom. The zero-order valence-electron chi connectivity index (χ0n) is 19.2. The van der Waals surface area contributed by atoms with Crippen LogP contribution in [0.5, 0.6) is 0 Å². The van der Waals surface area contributed by atoms with E-state index in [1.807, 2.05) is 67.1 Å². The van der Waals surface area contributed by atoms with Gasteiger partial charge in [0.25, 0.3) is 0 Å². The molecular formula is C26H29N5O2. The van der Waals surface area contributed by atoms with E-state index in [1.165, 1.54) is 19.3 Å². The van der Waals surface area contributed by atoms with Crippen LogP contribution in [0, 0.1) is 13.8 Å². The fraction of sp³-hybridized carbons (Fsp3) is 0.346. The molecule has 0 saturated carbocycles. The van der Waals surface area contributed by atoms with E-state index in [4.69, 9.17) is 4.42 Å². The number of aromatic nitrogens is 3. The average Bonchev–Trinajstić information content (AvgIpc) is 3.42. The Labute approximate surface area is 193 Å². The molecule has 0 spiro atoms. The average molecular weight is 444 g/mol. The third kappa shape index (κ3) is 4.68. The summed E-state index contributed by atoms with van der Waals surface area (Å²) in [4.78, 5) is 15.2. The van der Waals surface area contributed by atoms with E-state index >= 15 is 0 Å². The Bertz CT molecular complexity index is 1280. The molecule has 7 heteroatoms. The fourth-order valence-corrected chi connectivity index (χ4v) is 4.50. The van der Waals surface area contributed by atoms with E-state index in [-0.39, 0.29) is 12.5 Å². The molecule has 33 heavy (non-hydrogen) atoms. The van der Waals surface area contributed by atoms with Crippen molar-refractivity contribution >= 4 is 22.5 Å². The minimum Gasteiger partial charge on any atom is -0.419 e. The monoisotopic (exact) mass is 443 g/mol. The summed E-state index contributed by atoms with van der Waals surface area (Å²) in [6, 6.07) is 14.0. The third-order valence-corrected chi connectivity index (χ3v) is 6.27. The van der Waals surface area contributed by atoms with Crippen LogP contribution < -0.4 is 5.32 Å². The van der Waals surface area contributed by atoms with E-state index < -0.39 is 0 Å². The van der Waals surface area contributed by atoms with Crippen LogP contribution in [-0.2, 0) is 17.9 Å². The quantitative estimate of drug-likeness (QED) is 0.457. The van der Waals surface area contributed by atoms with E-state index in [0.717, 1.165) is 46.4 Å². The van der Waals surface area contributed by atoms with Crippen molar-refractivity contribution in [3.05, 3.63) is 65.7 Å². The first-order valence-corrected chi connectivity index (χ1v) is 11.6. The highest BCUT2D eigenvalue weighted by Gasteiger charge is 2.19. The number of benzene rings is 2. The number of likely N-dealkylation sites (tertiary alicyclic amines) is 1. The largest absolute Gasteiger partial charge is 0.419 e. The molecule has 1 N–H and O–H groups in total. The summed E-state index contributed by atoms with van der Waals surface area (Å²) in [5.74, 6) is 1.05. The van der Waals surface area contributed by atoms with E-state index in [0.29, 0.717) is 18.3 Å². The second-order valence-electron chi connectivity index (χ2n) is 8.89. The molecule has 0 atom stereocenters. The lowest BCUT2D eigenvalue weighted by Gasteiger charge is -2.24. The van der Waals surface area contributed by atoms with Crippen molar-refractivity contribution in [3.63, 3.8) is 0 Å². The summed E-state index contributed by atoms with van der Waals surface area (Å²) >= 11 is 0. The maximum Gasteiger partial charge on any atom is 0.249 e. The lowest BCUT2D eigenvalue weighted by atomic mass is 10.1. The van der Waals surface area contributed by atoms with Crippen LogP contribution >= 0.6 is 0 Å². The summed E-state index contributed by atoms with van der Waals surface area (Å²) in [7, 11) is 0. The number of anilines is 1. The second-order valence-corrected chi connectivity index (χ2v) is 8.89. The van der Waals surface area contributed by atoms with E-state index in [1.54, 1.807) is 0 Å². The van der Waals surface area contributed by atoms with Crippen LogP contribution in [0.4, 0.5) is 5.69 Å². The molecule has 0 unspecified atom stereocenters. The molecule has 2 aromatic carbocycles. The van der Waals surface area contributed by atoms with Crippen molar-refractivity contribution in [1.29, 1.82) is 0 Å². The molecule has 1 saturated heterocycles. The SMILES string of the molecule is Cc1ccc(C)c(NC(=O)Cn2cc(-c3nnc(CN4CCCCC4)o3)c3ccccc32)c1. The third-order valence-electron chi connectivity index (χ3n) is 6.27. The van der Waals surface area contributed by atoms with Gasteiger partial charge in [-0.3, -0.25) is 9.69 Å². The number of nitrogens with zero attached hydrogens (tertiary/aromatic N) is 4. The Balaban J connectivity index is 1.38. The molecule has 4 aromatic rings. The number of carbonyl (C=O) groups is 1. The highest BCUT2D eigenvalue weighted by Crippen LogP contribution is 2.30. The molecular weight excluding hydrogens is 414 g/mol. The Morgan fingerprint density at radius 1 is 1.06 bits per heavy atom. The number of amides is 1. The van der Waals surface area contributed by atoms with Crippen LogP contribution in [0.3, 0.4) is 0 Å². The number of fused-ring (bicyclic) bond motifs is 1. The number of carbonyl (C=O) groups excluding carboxylic acids is 1. The van der Waals surface area contributed by atoms with Crippen LogP contribution in [-0.4, -0.2) is 38.7 Å². The summed E-state index contributed by atoms with van der Waals surface area (Å²) in [6.07, 6.45) is 5.67. The lowest BCUT2D eigenvalue weighted by Crippen LogP contribution is -2.29. The first-order valence-electron chi connectivity index (χ1n) is 11.6. The van der Waals surface area contributed by atoms with Gasteiger partial charge >= 0.3 is 0 Å². The van der Waals surface area contributed by atoms with Crippen LogP contribution in [0.2, 0.25) is 0 Å². The molecule has 2 aromatic heterocycles. The predicted octanol–water partition coefficient (Wildman–Crippen LogP) is 4.93. The predicted molar refractivity (Wildman–Crippen MR) is 129 cm³/mol. The normalized spacial score (nSPS) is 14.6. The molecule has 3 heterocycles. The topological polar surface area (TPSA) is 76.2 Å². The Hall–Kier alpha value is -3.45. The number of piperidine rings is 1. The van der Waals surface area contributed by atoms with E-state index in [2.05, 4.69) is 20.4 Å². The number of rotatable bonds is 6. The van der Waals surface area contributed by atoms with Gasteiger partial charge in [-0.15, -0.1) is 10.2 Å². The minimum atomic E-state index is -0.0766. The van der Waals surface area contributed by atoms with Gasteiger partial charge < -0.3 is 14.3 Å². The summed E-state index contributed by atoms with van der Waals surface area (Å²) in [5, 5.41) is 12.7. The van der Waals surface area contributed by atoms with Gasteiger partial charge in [0, 0.05) is 22.8 Å². The van der Waals surface area contributed by atoms with Gasteiger partial charge in [-0.2, -0.15) is 0 Å². The fourth-order valence-electron chi connectivity index (χ4n) is 4.50. The summed E-state index contributed by atoms with van der Waals surface area (Å²) in [6.45, 7) is 7.05. The molecule has 1 aliphatic heterocycles. The zero-order chi connectivity index (χ0) is 22.8. The van der Waals surface area contributed by atoms with Crippen molar-refractivity contribution in [3.8, 4) is 11.5 Å². The number of hydrogen-bond acceptors (Lipinski definition) is 5. The number of hydrogen-bond donors (Lipinski definition) is 1. The van der Waals surface area contributed by atoms with E-state index in [9.17, 15) is 4.79 Å². The molecule has 0 aliphatic carbocycles. The van der Waals surface area contributed by atoms with Crippen molar-refractivity contribution in [2.24, 2.45) is 0 Å². The highest BCUT2D eigenvalue weighted by atomic mass is 16.4. The van der Waals surface area contributed by atoms with Crippen molar-refractivity contribution in [2.75, 3.05) is 18.4 Å². The van der Waals surface area contributed by atoms with Gasteiger partial charge in [-0.05, 0) is 63.0 Å². The molecule has 0 bridgehead atoms. The Kier molecular flexibility index (Phi) is 5.96. The van der Waals surface area contributed by atoms with Gasteiger partial charge in [0.05, 0.1) is 12.1 Å². The van der Waals surface area contributed by atoms with Gasteiger partial charge in [0.2, 0.25) is 17.7 Å². The molecule has 170 valence electrons. The molecule has 1 aliphatic rings. The molecule has 5 rings (SSSR count). The summed E-state index contributed by atoms with van der Waals surface area (Å²) < 4.78 is 7.99. The van der Waals surface area contributed by atoms with Crippen LogP contribution in [0.25, 0.3) is 22.4 Å². The van der Waals surface area contributed by atoms with Gasteiger partial charge in [-0.1, -0.05) is 36.8 Å². The molecule has 1 fully saturated rings. The number of aryl methyl sites for hydroxylation is 2. The molecule has 1 amide bonds. The molecule has 0 radical (unpaired) electrons. The Morgan fingerprint density at radius 2 is 1.88 bits per heavy atom. The minimum absolute atomic E-state index is 0.0766. The number of nitrogens with one attached hydrogen (secondary N) is 1. The second kappa shape index (κ2) is 9.19. The maximum atomic E-state index is 12.9. The highest BCUT2D eigenvalue weighted by molar-refractivity contribution is 5.97. The maximum absolute atomic E-state index is 12.9.